The monoisotopic (exact) mass is 415 g/mol. The summed E-state index contributed by atoms with van der Waals surface area (Å²) in [7, 11) is 0. The van der Waals surface area contributed by atoms with Crippen molar-refractivity contribution in [3.8, 4) is 0 Å². The summed E-state index contributed by atoms with van der Waals surface area (Å²) in [4.78, 5) is 15.0. The number of hydrogen-bond donors (Lipinski definition) is 0. The van der Waals surface area contributed by atoms with Crippen LogP contribution in [0.2, 0.25) is 0 Å². The van der Waals surface area contributed by atoms with Crippen LogP contribution in [0.25, 0.3) is 11.8 Å². The van der Waals surface area contributed by atoms with Crippen LogP contribution in [0.1, 0.15) is 16.7 Å². The van der Waals surface area contributed by atoms with Crippen molar-refractivity contribution >= 4 is 33.6 Å². The Balaban J connectivity index is 1.72. The first-order chi connectivity index (χ1) is 13.2. The summed E-state index contributed by atoms with van der Waals surface area (Å²) in [5, 5.41) is 0. The molecule has 0 atom stereocenters. The van der Waals surface area contributed by atoms with Gasteiger partial charge in [-0.3, -0.25) is 4.79 Å². The zero-order valence-electron chi connectivity index (χ0n) is 14.7. The lowest BCUT2D eigenvalue weighted by Crippen LogP contribution is -2.25. The molecule has 3 heteroatoms. The molecule has 0 radical (unpaired) electrons. The van der Waals surface area contributed by atoms with Crippen molar-refractivity contribution in [3.05, 3.63) is 118 Å². The summed E-state index contributed by atoms with van der Waals surface area (Å²) >= 11 is 3.45. The van der Waals surface area contributed by atoms with E-state index in [0.717, 1.165) is 26.9 Å². The first-order valence-corrected chi connectivity index (χ1v) is 9.60. The lowest BCUT2D eigenvalue weighted by atomic mass is 10.1. The van der Waals surface area contributed by atoms with Gasteiger partial charge in [0.2, 0.25) is 0 Å². The van der Waals surface area contributed by atoms with Crippen molar-refractivity contribution in [2.75, 3.05) is 0 Å². The molecule has 0 bridgehead atoms. The Bertz CT molecular complexity index is 1010. The smallest absolute Gasteiger partial charge is 0.258 e. The van der Waals surface area contributed by atoms with Gasteiger partial charge in [-0.1, -0.05) is 88.7 Å². The number of amides is 1. The van der Waals surface area contributed by atoms with Gasteiger partial charge in [0.1, 0.15) is 0 Å². The van der Waals surface area contributed by atoms with E-state index in [-0.39, 0.29) is 5.91 Å². The van der Waals surface area contributed by atoms with Gasteiger partial charge in [0.15, 0.2) is 0 Å². The van der Waals surface area contributed by atoms with Crippen molar-refractivity contribution in [1.29, 1.82) is 0 Å². The average Bonchev–Trinajstić information content (AvgIpc) is 3.01. The summed E-state index contributed by atoms with van der Waals surface area (Å²) in [6.45, 7) is 0.554. The van der Waals surface area contributed by atoms with Crippen LogP contribution >= 0.6 is 15.9 Å². The lowest BCUT2D eigenvalue weighted by Gasteiger charge is -2.20. The fourth-order valence-corrected chi connectivity index (χ4v) is 3.43. The van der Waals surface area contributed by atoms with Gasteiger partial charge in [-0.05, 0) is 41.0 Å². The zero-order valence-corrected chi connectivity index (χ0v) is 16.3. The fourth-order valence-electron chi connectivity index (χ4n) is 3.17. The molecule has 1 aliphatic rings. The molecule has 0 aliphatic carbocycles. The Morgan fingerprint density at radius 2 is 1.44 bits per heavy atom. The summed E-state index contributed by atoms with van der Waals surface area (Å²) in [5.74, 6) is 0.0284. The molecule has 0 fully saturated rings. The highest BCUT2D eigenvalue weighted by Crippen LogP contribution is 2.32. The third kappa shape index (κ3) is 3.93. The Labute approximate surface area is 167 Å². The van der Waals surface area contributed by atoms with Gasteiger partial charge in [-0.25, -0.2) is 0 Å². The van der Waals surface area contributed by atoms with Gasteiger partial charge in [0.05, 0.1) is 12.2 Å². The van der Waals surface area contributed by atoms with E-state index in [0.29, 0.717) is 12.1 Å². The number of carbonyl (C=O) groups is 1. The Morgan fingerprint density at radius 1 is 0.815 bits per heavy atom. The van der Waals surface area contributed by atoms with Gasteiger partial charge in [-0.2, -0.15) is 0 Å². The third-order valence-electron chi connectivity index (χ3n) is 4.52. The van der Waals surface area contributed by atoms with Crippen LogP contribution in [-0.4, -0.2) is 10.8 Å². The first-order valence-electron chi connectivity index (χ1n) is 8.81. The van der Waals surface area contributed by atoms with Crippen LogP contribution in [-0.2, 0) is 11.3 Å². The van der Waals surface area contributed by atoms with Crippen molar-refractivity contribution in [2.45, 2.75) is 6.54 Å². The molecular formula is C24H18BrNO. The highest BCUT2D eigenvalue weighted by molar-refractivity contribution is 9.10. The molecule has 3 aromatic rings. The number of nitrogens with zero attached hydrogens (tertiary/aromatic N) is 1. The van der Waals surface area contributed by atoms with Gasteiger partial charge >= 0.3 is 0 Å². The predicted octanol–water partition coefficient (Wildman–Crippen LogP) is 5.92. The number of halogens is 1. The summed E-state index contributed by atoms with van der Waals surface area (Å²) in [5.41, 5.74) is 4.80. The molecule has 0 unspecified atom stereocenters. The van der Waals surface area contributed by atoms with E-state index >= 15 is 0 Å². The SMILES string of the molecule is O=C1/C(=C/c2ccc(Br)cc2)C=C(c2ccccc2)N1Cc1ccccc1. The minimum Gasteiger partial charge on any atom is -0.303 e. The molecule has 0 spiro atoms. The minimum atomic E-state index is 0.0284. The molecule has 1 amide bonds. The summed E-state index contributed by atoms with van der Waals surface area (Å²) < 4.78 is 1.02. The predicted molar refractivity (Wildman–Crippen MR) is 114 cm³/mol. The lowest BCUT2D eigenvalue weighted by molar-refractivity contribution is -0.123. The molecule has 3 aromatic carbocycles. The van der Waals surface area contributed by atoms with Gasteiger partial charge < -0.3 is 4.90 Å². The van der Waals surface area contributed by atoms with Gasteiger partial charge in [0.25, 0.3) is 5.91 Å². The average molecular weight is 416 g/mol. The molecule has 0 aromatic heterocycles. The highest BCUT2D eigenvalue weighted by atomic mass is 79.9. The van der Waals surface area contributed by atoms with E-state index < -0.39 is 0 Å². The molecule has 1 heterocycles. The Kier molecular flexibility index (Phi) is 5.03. The van der Waals surface area contributed by atoms with Crippen LogP contribution in [0.15, 0.2) is 101 Å². The fraction of sp³-hybridized carbons (Fsp3) is 0.0417. The molecule has 132 valence electrons. The standard InChI is InChI=1S/C24H18BrNO/c25-22-13-11-18(12-14-22)15-21-16-23(20-9-5-2-6-10-20)26(24(21)27)17-19-7-3-1-4-8-19/h1-16H,17H2/b21-15+. The molecule has 1 aliphatic heterocycles. The van der Waals surface area contributed by atoms with E-state index in [1.807, 2.05) is 102 Å². The molecule has 0 saturated carbocycles. The highest BCUT2D eigenvalue weighted by Gasteiger charge is 2.28. The van der Waals surface area contributed by atoms with E-state index in [9.17, 15) is 4.79 Å². The molecule has 4 rings (SSSR count). The number of hydrogen-bond acceptors (Lipinski definition) is 1. The second kappa shape index (κ2) is 7.77. The molecule has 2 nitrogen and oxygen atoms in total. The second-order valence-corrected chi connectivity index (χ2v) is 7.34. The summed E-state index contributed by atoms with van der Waals surface area (Å²) in [6, 6.07) is 28.1. The van der Waals surface area contributed by atoms with E-state index in [2.05, 4.69) is 15.9 Å². The number of carbonyl (C=O) groups excluding carboxylic acids is 1. The van der Waals surface area contributed by atoms with Crippen LogP contribution in [0.5, 0.6) is 0 Å². The number of benzene rings is 3. The van der Waals surface area contributed by atoms with Crippen LogP contribution in [0.3, 0.4) is 0 Å². The van der Waals surface area contributed by atoms with E-state index in [1.54, 1.807) is 0 Å². The van der Waals surface area contributed by atoms with Crippen molar-refractivity contribution in [1.82, 2.24) is 4.90 Å². The maximum absolute atomic E-state index is 13.2. The zero-order chi connectivity index (χ0) is 18.6. The van der Waals surface area contributed by atoms with Gasteiger partial charge in [-0.15, -0.1) is 0 Å². The van der Waals surface area contributed by atoms with Crippen LogP contribution < -0.4 is 0 Å². The molecule has 27 heavy (non-hydrogen) atoms. The maximum Gasteiger partial charge on any atom is 0.258 e. The van der Waals surface area contributed by atoms with Crippen LogP contribution in [0, 0.1) is 0 Å². The van der Waals surface area contributed by atoms with Crippen LogP contribution in [0.4, 0.5) is 0 Å². The molecule has 0 saturated heterocycles. The van der Waals surface area contributed by atoms with Crippen molar-refractivity contribution < 1.29 is 4.79 Å². The maximum atomic E-state index is 13.2. The van der Waals surface area contributed by atoms with Crippen molar-refractivity contribution in [2.24, 2.45) is 0 Å². The molecular weight excluding hydrogens is 398 g/mol. The van der Waals surface area contributed by atoms with E-state index in [4.69, 9.17) is 0 Å². The van der Waals surface area contributed by atoms with Gasteiger partial charge in [0, 0.05) is 10.0 Å². The summed E-state index contributed by atoms with van der Waals surface area (Å²) in [6.07, 6.45) is 3.94. The van der Waals surface area contributed by atoms with Crippen molar-refractivity contribution in [3.63, 3.8) is 0 Å². The third-order valence-corrected chi connectivity index (χ3v) is 5.05. The first kappa shape index (κ1) is 17.5. The van der Waals surface area contributed by atoms with E-state index in [1.165, 1.54) is 0 Å². The Hall–Kier alpha value is -2.91. The molecule has 0 N–H and O–H groups in total. The normalized spacial score (nSPS) is 15.3. The number of rotatable bonds is 4. The topological polar surface area (TPSA) is 20.3 Å². The largest absolute Gasteiger partial charge is 0.303 e. The minimum absolute atomic E-state index is 0.0284. The Morgan fingerprint density at radius 3 is 2.11 bits per heavy atom. The quantitative estimate of drug-likeness (QED) is 0.484. The second-order valence-electron chi connectivity index (χ2n) is 6.42.